The summed E-state index contributed by atoms with van der Waals surface area (Å²) in [6, 6.07) is 6.78. The van der Waals surface area contributed by atoms with Gasteiger partial charge in [0.05, 0.1) is 12.1 Å². The molecule has 0 spiro atoms. The van der Waals surface area contributed by atoms with Crippen LogP contribution in [-0.2, 0) is 14.3 Å². The summed E-state index contributed by atoms with van der Waals surface area (Å²) < 4.78 is 10.8. The van der Waals surface area contributed by atoms with E-state index in [-0.39, 0.29) is 37.0 Å². The molecular weight excluding hydrogens is 406 g/mol. The number of aliphatic hydroxyl groups excluding tert-OH is 1. The van der Waals surface area contributed by atoms with Crippen molar-refractivity contribution in [3.63, 3.8) is 0 Å². The third kappa shape index (κ3) is 7.33. The second-order valence-corrected chi connectivity index (χ2v) is 9.02. The van der Waals surface area contributed by atoms with E-state index in [0.29, 0.717) is 18.0 Å². The number of hydrogen-bond donors (Lipinski definition) is 1. The molecule has 0 unspecified atom stereocenters. The molecule has 3 atom stereocenters. The zero-order valence-electron chi connectivity index (χ0n) is 18.0. The molecule has 1 aliphatic rings. The van der Waals surface area contributed by atoms with Gasteiger partial charge in [0.15, 0.2) is 0 Å². The molecule has 0 radical (unpaired) electrons. The molecule has 1 heterocycles. The number of nitrogens with zero attached hydrogens (tertiary/aromatic N) is 1. The van der Waals surface area contributed by atoms with Crippen LogP contribution in [0.2, 0.25) is 5.02 Å². The smallest absolute Gasteiger partial charge is 0.410 e. The first-order valence-electron chi connectivity index (χ1n) is 10.3. The Hall–Kier alpha value is -2.05. The Bertz CT molecular complexity index is 728. The second kappa shape index (κ2) is 10.8. The molecule has 1 amide bonds. The maximum atomic E-state index is 12.3. The van der Waals surface area contributed by atoms with Crippen molar-refractivity contribution in [2.24, 2.45) is 5.92 Å². The molecule has 1 aliphatic heterocycles. The Morgan fingerprint density at radius 3 is 2.60 bits per heavy atom. The van der Waals surface area contributed by atoms with Gasteiger partial charge in [-0.05, 0) is 57.7 Å². The molecule has 2 rings (SSSR count). The van der Waals surface area contributed by atoms with Crippen LogP contribution >= 0.6 is 11.6 Å². The van der Waals surface area contributed by atoms with Crippen molar-refractivity contribution in [3.05, 3.63) is 47.5 Å². The van der Waals surface area contributed by atoms with Crippen LogP contribution in [0.15, 0.2) is 36.9 Å². The minimum atomic E-state index is -0.773. The largest absolute Gasteiger partial charge is 0.463 e. The maximum absolute atomic E-state index is 12.3. The van der Waals surface area contributed by atoms with Crippen LogP contribution in [0.1, 0.15) is 58.1 Å². The highest BCUT2D eigenvalue weighted by molar-refractivity contribution is 6.30. The molecule has 166 valence electrons. The fourth-order valence-electron chi connectivity index (χ4n) is 3.43. The van der Waals surface area contributed by atoms with Crippen molar-refractivity contribution in [1.82, 2.24) is 4.90 Å². The van der Waals surface area contributed by atoms with Crippen LogP contribution in [-0.4, -0.2) is 46.9 Å². The molecule has 0 aromatic heterocycles. The first kappa shape index (κ1) is 24.2. The number of benzene rings is 1. The van der Waals surface area contributed by atoms with Gasteiger partial charge in [0, 0.05) is 23.9 Å². The quantitative estimate of drug-likeness (QED) is 0.462. The van der Waals surface area contributed by atoms with Crippen molar-refractivity contribution in [2.45, 2.75) is 64.2 Å². The van der Waals surface area contributed by atoms with Gasteiger partial charge in [-0.25, -0.2) is 4.79 Å². The van der Waals surface area contributed by atoms with E-state index in [1.54, 1.807) is 35.2 Å². The molecule has 1 aromatic rings. The zero-order chi connectivity index (χ0) is 22.3. The zero-order valence-corrected chi connectivity index (χ0v) is 18.7. The van der Waals surface area contributed by atoms with E-state index in [1.165, 1.54) is 0 Å². The van der Waals surface area contributed by atoms with E-state index in [0.717, 1.165) is 18.4 Å². The maximum Gasteiger partial charge on any atom is 0.410 e. The Morgan fingerprint density at radius 1 is 1.33 bits per heavy atom. The number of halogens is 1. The number of rotatable bonds is 8. The highest BCUT2D eigenvalue weighted by Gasteiger charge is 2.33. The number of hydrogen-bond acceptors (Lipinski definition) is 5. The summed E-state index contributed by atoms with van der Waals surface area (Å²) in [6.07, 6.45) is 2.69. The lowest BCUT2D eigenvalue weighted by Gasteiger charge is -2.28. The summed E-state index contributed by atoms with van der Waals surface area (Å²) in [7, 11) is 0. The van der Waals surface area contributed by atoms with Gasteiger partial charge < -0.3 is 19.5 Å². The van der Waals surface area contributed by atoms with Crippen LogP contribution in [0, 0.1) is 5.92 Å². The topological polar surface area (TPSA) is 76.1 Å². The van der Waals surface area contributed by atoms with Gasteiger partial charge in [-0.3, -0.25) is 4.79 Å². The van der Waals surface area contributed by atoms with Crippen LogP contribution < -0.4 is 0 Å². The molecule has 1 N–H and O–H groups in total. The fourth-order valence-corrected chi connectivity index (χ4v) is 3.55. The lowest BCUT2D eigenvalue weighted by atomic mass is 9.92. The number of esters is 1. The monoisotopic (exact) mass is 437 g/mol. The van der Waals surface area contributed by atoms with E-state index >= 15 is 0 Å². The molecule has 0 aliphatic carbocycles. The van der Waals surface area contributed by atoms with E-state index in [4.69, 9.17) is 21.1 Å². The summed E-state index contributed by atoms with van der Waals surface area (Å²) in [5.74, 6) is -0.648. The lowest BCUT2D eigenvalue weighted by Crippen LogP contribution is -2.42. The van der Waals surface area contributed by atoms with Crippen LogP contribution in [0.5, 0.6) is 0 Å². The molecule has 1 aromatic carbocycles. The normalized spacial score (nSPS) is 18.6. The van der Waals surface area contributed by atoms with Crippen molar-refractivity contribution in [1.29, 1.82) is 0 Å². The summed E-state index contributed by atoms with van der Waals surface area (Å²) >= 11 is 5.89. The minimum absolute atomic E-state index is 0.149. The third-order valence-electron chi connectivity index (χ3n) is 5.04. The van der Waals surface area contributed by atoms with E-state index < -0.39 is 11.7 Å². The average molecular weight is 438 g/mol. The van der Waals surface area contributed by atoms with Crippen LogP contribution in [0.4, 0.5) is 4.79 Å². The Morgan fingerprint density at radius 2 is 2.00 bits per heavy atom. The van der Waals surface area contributed by atoms with Crippen molar-refractivity contribution >= 4 is 23.7 Å². The number of aliphatic hydroxyl groups is 1. The highest BCUT2D eigenvalue weighted by Crippen LogP contribution is 2.28. The van der Waals surface area contributed by atoms with E-state index in [9.17, 15) is 14.7 Å². The molecule has 30 heavy (non-hydrogen) atoms. The molecule has 6 nitrogen and oxygen atoms in total. The van der Waals surface area contributed by atoms with Gasteiger partial charge in [-0.1, -0.05) is 29.8 Å². The number of ether oxygens (including phenoxy) is 2. The van der Waals surface area contributed by atoms with Crippen LogP contribution in [0.3, 0.4) is 0 Å². The highest BCUT2D eigenvalue weighted by atomic mass is 35.5. The lowest BCUT2D eigenvalue weighted by molar-refractivity contribution is -0.145. The predicted octanol–water partition coefficient (Wildman–Crippen LogP) is 4.90. The minimum Gasteiger partial charge on any atom is -0.463 e. The Labute approximate surface area is 183 Å². The molecule has 0 bridgehead atoms. The summed E-state index contributed by atoms with van der Waals surface area (Å²) in [6.45, 7) is 10.00. The molecule has 0 saturated carbocycles. The summed E-state index contributed by atoms with van der Waals surface area (Å²) in [4.78, 5) is 26.2. The Kier molecular flexibility index (Phi) is 8.74. The van der Waals surface area contributed by atoms with Gasteiger partial charge in [0.1, 0.15) is 12.2 Å². The van der Waals surface area contributed by atoms with E-state index in [2.05, 4.69) is 6.58 Å². The number of carbonyl (C=O) groups excluding carboxylic acids is 2. The molecule has 1 saturated heterocycles. The van der Waals surface area contributed by atoms with Gasteiger partial charge in [-0.15, -0.1) is 6.58 Å². The number of carbonyl (C=O) groups is 2. The third-order valence-corrected chi connectivity index (χ3v) is 5.30. The number of likely N-dealkylation sites (tertiary alicyclic amines) is 1. The predicted molar refractivity (Wildman–Crippen MR) is 116 cm³/mol. The van der Waals surface area contributed by atoms with Gasteiger partial charge in [0.2, 0.25) is 0 Å². The van der Waals surface area contributed by atoms with Crippen molar-refractivity contribution < 1.29 is 24.2 Å². The van der Waals surface area contributed by atoms with Crippen molar-refractivity contribution in [3.8, 4) is 0 Å². The number of amides is 1. The van der Waals surface area contributed by atoms with Crippen LogP contribution in [0.25, 0.3) is 0 Å². The SMILES string of the molecule is C=C[C@@H](CCC(=O)OC[C@H]1CCCN1C(=O)OC(C)(C)C)[C@@H](O)c1ccc(Cl)cc1. The first-order chi connectivity index (χ1) is 14.1. The Balaban J connectivity index is 1.81. The summed E-state index contributed by atoms with van der Waals surface area (Å²) in [5.41, 5.74) is 0.155. The van der Waals surface area contributed by atoms with Crippen molar-refractivity contribution in [2.75, 3.05) is 13.2 Å². The second-order valence-electron chi connectivity index (χ2n) is 8.59. The molecule has 7 heteroatoms. The first-order valence-corrected chi connectivity index (χ1v) is 10.7. The molecular formula is C23H32ClNO5. The van der Waals surface area contributed by atoms with Gasteiger partial charge >= 0.3 is 12.1 Å². The van der Waals surface area contributed by atoms with Gasteiger partial charge in [-0.2, -0.15) is 0 Å². The fraction of sp³-hybridized carbons (Fsp3) is 0.565. The van der Waals surface area contributed by atoms with E-state index in [1.807, 2.05) is 20.8 Å². The average Bonchev–Trinajstić information content (AvgIpc) is 3.14. The molecule has 1 fully saturated rings. The standard InChI is InChI=1S/C23H32ClNO5/c1-5-16(21(27)17-8-11-18(24)12-9-17)10-13-20(26)29-15-19-7-6-14-25(19)22(28)30-23(2,3)4/h5,8-9,11-12,16,19,21,27H,1,6-7,10,13-15H2,2-4H3/t16-,19+,21+/m0/s1. The van der Waals surface area contributed by atoms with Gasteiger partial charge in [0.25, 0.3) is 0 Å². The summed E-state index contributed by atoms with van der Waals surface area (Å²) in [5, 5.41) is 11.1.